The summed E-state index contributed by atoms with van der Waals surface area (Å²) >= 11 is 5.80. The summed E-state index contributed by atoms with van der Waals surface area (Å²) in [6.07, 6.45) is 1.09. The average molecular weight is 367 g/mol. The fourth-order valence-corrected chi connectivity index (χ4v) is 3.27. The molecule has 2 aromatic carbocycles. The van der Waals surface area contributed by atoms with E-state index < -0.39 is 15.9 Å². The first-order valence-electron chi connectivity index (χ1n) is 7.27. The second kappa shape index (κ2) is 7.23. The summed E-state index contributed by atoms with van der Waals surface area (Å²) in [5.74, 6) is -0.427. The lowest BCUT2D eigenvalue weighted by molar-refractivity contribution is -0.114. The van der Waals surface area contributed by atoms with Gasteiger partial charge in [0.25, 0.3) is 0 Å². The summed E-state index contributed by atoms with van der Waals surface area (Å²) in [6.45, 7) is 3.38. The molecule has 1 N–H and O–H groups in total. The summed E-state index contributed by atoms with van der Waals surface area (Å²) in [7, 11) is -3.60. The van der Waals surface area contributed by atoms with Crippen molar-refractivity contribution in [3.8, 4) is 0 Å². The zero-order valence-electron chi connectivity index (χ0n) is 13.7. The number of hydrogen-bond donors (Lipinski definition) is 1. The maximum atomic E-state index is 12.3. The van der Waals surface area contributed by atoms with Gasteiger partial charge in [-0.1, -0.05) is 23.7 Å². The van der Waals surface area contributed by atoms with Crippen molar-refractivity contribution in [3.63, 3.8) is 0 Å². The quantitative estimate of drug-likeness (QED) is 0.882. The number of halogens is 1. The molecule has 1 amide bonds. The highest BCUT2D eigenvalue weighted by Crippen LogP contribution is 2.24. The summed E-state index contributed by atoms with van der Waals surface area (Å²) in [5, 5.41) is 3.23. The van der Waals surface area contributed by atoms with E-state index in [2.05, 4.69) is 5.32 Å². The van der Waals surface area contributed by atoms with E-state index in [1.807, 2.05) is 26.0 Å². The Balaban J connectivity index is 2.25. The van der Waals surface area contributed by atoms with E-state index in [9.17, 15) is 13.2 Å². The number of anilines is 2. The number of amides is 1. The van der Waals surface area contributed by atoms with E-state index >= 15 is 0 Å². The Morgan fingerprint density at radius 2 is 1.75 bits per heavy atom. The molecular weight excluding hydrogens is 348 g/mol. The molecule has 2 rings (SSSR count). The van der Waals surface area contributed by atoms with Gasteiger partial charge < -0.3 is 5.32 Å². The lowest BCUT2D eigenvalue weighted by Crippen LogP contribution is -2.37. The van der Waals surface area contributed by atoms with Crippen LogP contribution in [0.4, 0.5) is 11.4 Å². The van der Waals surface area contributed by atoms with Gasteiger partial charge in [-0.25, -0.2) is 8.42 Å². The van der Waals surface area contributed by atoms with E-state index in [-0.39, 0.29) is 6.54 Å². The van der Waals surface area contributed by atoms with Crippen LogP contribution in [0.2, 0.25) is 5.02 Å². The van der Waals surface area contributed by atoms with Gasteiger partial charge in [0.05, 0.1) is 11.9 Å². The van der Waals surface area contributed by atoms with Crippen LogP contribution in [0.15, 0.2) is 42.5 Å². The first kappa shape index (κ1) is 18.3. The molecule has 0 radical (unpaired) electrons. The monoisotopic (exact) mass is 366 g/mol. The van der Waals surface area contributed by atoms with E-state index in [0.29, 0.717) is 16.4 Å². The molecule has 0 aliphatic heterocycles. The van der Waals surface area contributed by atoms with Crippen molar-refractivity contribution in [1.29, 1.82) is 0 Å². The van der Waals surface area contributed by atoms with Gasteiger partial charge in [-0.05, 0) is 55.3 Å². The number of nitrogens with one attached hydrogen (secondary N) is 1. The van der Waals surface area contributed by atoms with Gasteiger partial charge in [0.2, 0.25) is 15.9 Å². The van der Waals surface area contributed by atoms with Crippen LogP contribution in [-0.2, 0) is 14.8 Å². The molecule has 0 aromatic heterocycles. The van der Waals surface area contributed by atoms with Gasteiger partial charge in [-0.2, -0.15) is 0 Å². The zero-order chi connectivity index (χ0) is 17.9. The molecule has 0 bridgehead atoms. The van der Waals surface area contributed by atoms with Crippen LogP contribution in [0.5, 0.6) is 0 Å². The normalized spacial score (nSPS) is 11.2. The van der Waals surface area contributed by atoms with Crippen molar-refractivity contribution in [2.45, 2.75) is 13.8 Å². The Morgan fingerprint density at radius 3 is 2.33 bits per heavy atom. The third-order valence-electron chi connectivity index (χ3n) is 3.45. The van der Waals surface area contributed by atoms with Crippen molar-refractivity contribution in [2.75, 3.05) is 22.4 Å². The smallest absolute Gasteiger partial charge is 0.245 e. The van der Waals surface area contributed by atoms with Gasteiger partial charge >= 0.3 is 0 Å². The minimum atomic E-state index is -3.60. The van der Waals surface area contributed by atoms with Crippen LogP contribution in [0.1, 0.15) is 11.1 Å². The standard InChI is InChI=1S/C17H19ClN2O3S/c1-12-4-5-13(2)16(10-12)20(24(3,22)23)11-17(21)19-15-8-6-14(18)7-9-15/h4-10H,11H2,1-3H3,(H,19,21). The van der Waals surface area contributed by atoms with Gasteiger partial charge in [0, 0.05) is 10.7 Å². The third-order valence-corrected chi connectivity index (χ3v) is 4.83. The van der Waals surface area contributed by atoms with Crippen molar-refractivity contribution in [2.24, 2.45) is 0 Å². The number of aryl methyl sites for hydroxylation is 2. The first-order chi connectivity index (χ1) is 11.2. The zero-order valence-corrected chi connectivity index (χ0v) is 15.3. The highest BCUT2D eigenvalue weighted by atomic mass is 35.5. The number of benzene rings is 2. The second-order valence-electron chi connectivity index (χ2n) is 5.61. The molecule has 0 aliphatic carbocycles. The van der Waals surface area contributed by atoms with Crippen LogP contribution in [0.3, 0.4) is 0 Å². The van der Waals surface area contributed by atoms with E-state index in [4.69, 9.17) is 11.6 Å². The summed E-state index contributed by atoms with van der Waals surface area (Å²) in [6, 6.07) is 12.1. The Labute approximate surface area is 147 Å². The molecule has 0 fully saturated rings. The highest BCUT2D eigenvalue weighted by Gasteiger charge is 2.22. The molecule has 0 aliphatic rings. The van der Waals surface area contributed by atoms with Crippen LogP contribution < -0.4 is 9.62 Å². The fraction of sp³-hybridized carbons (Fsp3) is 0.235. The predicted molar refractivity (Wildman–Crippen MR) is 98.2 cm³/mol. The van der Waals surface area contributed by atoms with Crippen LogP contribution in [0.25, 0.3) is 0 Å². The SMILES string of the molecule is Cc1ccc(C)c(N(CC(=O)Nc2ccc(Cl)cc2)S(C)(=O)=O)c1. The van der Waals surface area contributed by atoms with Crippen LogP contribution in [0, 0.1) is 13.8 Å². The van der Waals surface area contributed by atoms with Crippen molar-refractivity contribution < 1.29 is 13.2 Å². The predicted octanol–water partition coefficient (Wildman–Crippen LogP) is 3.36. The molecule has 24 heavy (non-hydrogen) atoms. The first-order valence-corrected chi connectivity index (χ1v) is 9.50. The molecular formula is C17H19ClN2O3S. The second-order valence-corrected chi connectivity index (χ2v) is 7.96. The Bertz CT molecular complexity index is 849. The topological polar surface area (TPSA) is 66.5 Å². The van der Waals surface area contributed by atoms with Crippen LogP contribution >= 0.6 is 11.6 Å². The minimum absolute atomic E-state index is 0.300. The molecule has 0 heterocycles. The average Bonchev–Trinajstić information content (AvgIpc) is 2.49. The number of sulfonamides is 1. The summed E-state index contributed by atoms with van der Waals surface area (Å²) in [4.78, 5) is 12.3. The number of rotatable bonds is 5. The maximum absolute atomic E-state index is 12.3. The molecule has 0 saturated heterocycles. The van der Waals surface area contributed by atoms with Gasteiger partial charge in [0.1, 0.15) is 6.54 Å². The molecule has 7 heteroatoms. The highest BCUT2D eigenvalue weighted by molar-refractivity contribution is 7.92. The lowest BCUT2D eigenvalue weighted by atomic mass is 10.1. The van der Waals surface area contributed by atoms with Gasteiger partial charge in [-0.15, -0.1) is 0 Å². The van der Waals surface area contributed by atoms with Crippen molar-refractivity contribution >= 4 is 38.9 Å². The molecule has 0 spiro atoms. The third kappa shape index (κ3) is 4.72. The van der Waals surface area contributed by atoms with E-state index in [1.54, 1.807) is 30.3 Å². The lowest BCUT2D eigenvalue weighted by Gasteiger charge is -2.24. The molecule has 0 saturated carbocycles. The van der Waals surface area contributed by atoms with Crippen molar-refractivity contribution in [1.82, 2.24) is 0 Å². The number of hydrogen-bond acceptors (Lipinski definition) is 3. The van der Waals surface area contributed by atoms with E-state index in [0.717, 1.165) is 21.7 Å². The molecule has 0 atom stereocenters. The number of carbonyl (C=O) groups is 1. The Morgan fingerprint density at radius 1 is 1.12 bits per heavy atom. The van der Waals surface area contributed by atoms with Crippen molar-refractivity contribution in [3.05, 3.63) is 58.6 Å². The largest absolute Gasteiger partial charge is 0.325 e. The Hall–Kier alpha value is -2.05. The van der Waals surface area contributed by atoms with E-state index in [1.165, 1.54) is 0 Å². The van der Waals surface area contributed by atoms with Crippen LogP contribution in [-0.4, -0.2) is 27.1 Å². The molecule has 2 aromatic rings. The molecule has 0 unspecified atom stereocenters. The fourth-order valence-electron chi connectivity index (χ4n) is 2.23. The maximum Gasteiger partial charge on any atom is 0.245 e. The minimum Gasteiger partial charge on any atom is -0.325 e. The summed E-state index contributed by atoms with van der Waals surface area (Å²) < 4.78 is 25.4. The van der Waals surface area contributed by atoms with Gasteiger partial charge in [0.15, 0.2) is 0 Å². The molecule has 5 nitrogen and oxygen atoms in total. The summed E-state index contributed by atoms with van der Waals surface area (Å²) in [5.41, 5.74) is 2.76. The van der Waals surface area contributed by atoms with Gasteiger partial charge in [-0.3, -0.25) is 9.10 Å². The Kier molecular flexibility index (Phi) is 5.51. The number of carbonyl (C=O) groups excluding carboxylic acids is 1. The number of nitrogens with zero attached hydrogens (tertiary/aromatic N) is 1. The molecule has 128 valence electrons.